The fourth-order valence-corrected chi connectivity index (χ4v) is 1.65. The number of carbonyl (C=O) groups is 1. The molecule has 1 aromatic rings. The molecule has 1 aromatic carbocycles. The molecule has 0 saturated heterocycles. The van der Waals surface area contributed by atoms with Gasteiger partial charge in [-0.15, -0.1) is 0 Å². The van der Waals surface area contributed by atoms with Crippen LogP contribution in [0, 0.1) is 5.41 Å². The molecule has 3 N–H and O–H groups in total. The predicted molar refractivity (Wildman–Crippen MR) is 68.0 cm³/mol. The second-order valence-electron chi connectivity index (χ2n) is 4.96. The molecule has 17 heavy (non-hydrogen) atoms. The zero-order valence-electron chi connectivity index (χ0n) is 10.2. The van der Waals surface area contributed by atoms with E-state index in [1.807, 2.05) is 0 Å². The van der Waals surface area contributed by atoms with Crippen molar-refractivity contribution in [2.75, 3.05) is 24.7 Å². The van der Waals surface area contributed by atoms with E-state index in [2.05, 4.69) is 17.0 Å². The summed E-state index contributed by atoms with van der Waals surface area (Å²) < 4.78 is 4.68. The van der Waals surface area contributed by atoms with Crippen LogP contribution in [0.4, 0.5) is 11.4 Å². The highest BCUT2D eigenvalue weighted by Gasteiger charge is 2.36. The standard InChI is InChI=1S/C13H18N2O2/c1-13(5-6-13)8-15-11-7-9(12(16)17-2)3-4-10(11)14/h3-4,7,15H,5-6,8,14H2,1-2H3. The molecule has 0 aliphatic heterocycles. The van der Waals surface area contributed by atoms with E-state index in [1.54, 1.807) is 18.2 Å². The number of hydrogen-bond donors (Lipinski definition) is 2. The van der Waals surface area contributed by atoms with Crippen LogP contribution in [0.25, 0.3) is 0 Å². The van der Waals surface area contributed by atoms with Crippen LogP contribution in [-0.2, 0) is 4.74 Å². The summed E-state index contributed by atoms with van der Waals surface area (Å²) in [5.41, 5.74) is 8.24. The van der Waals surface area contributed by atoms with Gasteiger partial charge in [0.25, 0.3) is 0 Å². The average molecular weight is 234 g/mol. The van der Waals surface area contributed by atoms with Gasteiger partial charge in [0.2, 0.25) is 0 Å². The molecule has 0 unspecified atom stereocenters. The van der Waals surface area contributed by atoms with Gasteiger partial charge in [-0.25, -0.2) is 4.79 Å². The second kappa shape index (κ2) is 4.28. The van der Waals surface area contributed by atoms with Gasteiger partial charge < -0.3 is 15.8 Å². The monoisotopic (exact) mass is 234 g/mol. The highest BCUT2D eigenvalue weighted by Crippen LogP contribution is 2.45. The fraction of sp³-hybridized carbons (Fsp3) is 0.462. The molecular formula is C13H18N2O2. The normalized spacial score (nSPS) is 16.4. The highest BCUT2D eigenvalue weighted by atomic mass is 16.5. The van der Waals surface area contributed by atoms with Crippen molar-refractivity contribution >= 4 is 17.3 Å². The number of benzene rings is 1. The van der Waals surface area contributed by atoms with Crippen LogP contribution in [0.1, 0.15) is 30.1 Å². The topological polar surface area (TPSA) is 64.3 Å². The molecule has 0 bridgehead atoms. The third kappa shape index (κ3) is 2.70. The van der Waals surface area contributed by atoms with E-state index in [9.17, 15) is 4.79 Å². The zero-order chi connectivity index (χ0) is 12.5. The van der Waals surface area contributed by atoms with Crippen molar-refractivity contribution < 1.29 is 9.53 Å². The van der Waals surface area contributed by atoms with Crippen LogP contribution in [0.3, 0.4) is 0 Å². The van der Waals surface area contributed by atoms with Gasteiger partial charge in [0.05, 0.1) is 24.0 Å². The first-order valence-corrected chi connectivity index (χ1v) is 5.76. The second-order valence-corrected chi connectivity index (χ2v) is 4.96. The molecule has 1 fully saturated rings. The molecule has 0 aromatic heterocycles. The number of methoxy groups -OCH3 is 1. The van der Waals surface area contributed by atoms with Crippen LogP contribution in [-0.4, -0.2) is 19.6 Å². The van der Waals surface area contributed by atoms with Crippen molar-refractivity contribution in [3.05, 3.63) is 23.8 Å². The number of nitrogen functional groups attached to an aromatic ring is 1. The number of nitrogens with one attached hydrogen (secondary N) is 1. The van der Waals surface area contributed by atoms with E-state index >= 15 is 0 Å². The first kappa shape index (κ1) is 11.8. The summed E-state index contributed by atoms with van der Waals surface area (Å²) in [7, 11) is 1.37. The maximum absolute atomic E-state index is 11.4. The van der Waals surface area contributed by atoms with E-state index in [0.717, 1.165) is 12.2 Å². The Morgan fingerprint density at radius 3 is 2.82 bits per heavy atom. The number of ether oxygens (including phenoxy) is 1. The molecule has 0 atom stereocenters. The number of rotatable bonds is 4. The molecule has 0 heterocycles. The smallest absolute Gasteiger partial charge is 0.337 e. The van der Waals surface area contributed by atoms with Crippen LogP contribution in [0.5, 0.6) is 0 Å². The van der Waals surface area contributed by atoms with E-state index in [0.29, 0.717) is 16.7 Å². The van der Waals surface area contributed by atoms with E-state index in [-0.39, 0.29) is 5.97 Å². The van der Waals surface area contributed by atoms with Crippen molar-refractivity contribution in [3.8, 4) is 0 Å². The van der Waals surface area contributed by atoms with Crippen LogP contribution >= 0.6 is 0 Å². The van der Waals surface area contributed by atoms with Gasteiger partial charge in [0.1, 0.15) is 0 Å². The molecule has 1 aliphatic rings. The average Bonchev–Trinajstić information content (AvgIpc) is 3.06. The zero-order valence-corrected chi connectivity index (χ0v) is 10.2. The third-order valence-electron chi connectivity index (χ3n) is 3.28. The third-order valence-corrected chi connectivity index (χ3v) is 3.28. The lowest BCUT2D eigenvalue weighted by Gasteiger charge is -2.14. The van der Waals surface area contributed by atoms with Crippen LogP contribution in [0.2, 0.25) is 0 Å². The molecule has 4 heteroatoms. The van der Waals surface area contributed by atoms with Crippen LogP contribution in [0.15, 0.2) is 18.2 Å². The summed E-state index contributed by atoms with van der Waals surface area (Å²) in [6.07, 6.45) is 2.49. The summed E-state index contributed by atoms with van der Waals surface area (Å²) in [5, 5.41) is 3.30. The Kier molecular flexibility index (Phi) is 2.96. The minimum atomic E-state index is -0.342. The molecule has 4 nitrogen and oxygen atoms in total. The minimum absolute atomic E-state index is 0.342. The number of anilines is 2. The number of hydrogen-bond acceptors (Lipinski definition) is 4. The predicted octanol–water partition coefficient (Wildman–Crippen LogP) is 2.27. The molecule has 1 saturated carbocycles. The van der Waals surface area contributed by atoms with E-state index in [1.165, 1.54) is 20.0 Å². The molecule has 1 aliphatic carbocycles. The Labute approximate surface area is 101 Å². The molecule has 0 radical (unpaired) electrons. The van der Waals surface area contributed by atoms with Gasteiger partial charge in [-0.05, 0) is 36.5 Å². The van der Waals surface area contributed by atoms with Gasteiger partial charge in [-0.2, -0.15) is 0 Å². The molecule has 0 amide bonds. The SMILES string of the molecule is COC(=O)c1ccc(N)c(NCC2(C)CC2)c1. The van der Waals surface area contributed by atoms with Crippen LogP contribution < -0.4 is 11.1 Å². The number of esters is 1. The van der Waals surface area contributed by atoms with E-state index < -0.39 is 0 Å². The van der Waals surface area contributed by atoms with Crippen molar-refractivity contribution in [1.82, 2.24) is 0 Å². The minimum Gasteiger partial charge on any atom is -0.465 e. The Bertz CT molecular complexity index is 439. The van der Waals surface area contributed by atoms with Gasteiger partial charge in [-0.1, -0.05) is 6.92 Å². The lowest BCUT2D eigenvalue weighted by molar-refractivity contribution is 0.0601. The molecule has 92 valence electrons. The summed E-state index contributed by atoms with van der Waals surface area (Å²) in [4.78, 5) is 11.4. The number of nitrogens with two attached hydrogens (primary N) is 1. The van der Waals surface area contributed by atoms with Crippen molar-refractivity contribution in [2.45, 2.75) is 19.8 Å². The summed E-state index contributed by atoms with van der Waals surface area (Å²) in [5.74, 6) is -0.342. The van der Waals surface area contributed by atoms with Gasteiger partial charge in [0.15, 0.2) is 0 Å². The van der Waals surface area contributed by atoms with Gasteiger partial charge in [-0.3, -0.25) is 0 Å². The Hall–Kier alpha value is -1.71. The maximum Gasteiger partial charge on any atom is 0.337 e. The highest BCUT2D eigenvalue weighted by molar-refractivity contribution is 5.91. The lowest BCUT2D eigenvalue weighted by Crippen LogP contribution is -2.13. The molecule has 0 spiro atoms. The largest absolute Gasteiger partial charge is 0.465 e. The maximum atomic E-state index is 11.4. The Balaban J connectivity index is 2.11. The Morgan fingerprint density at radius 2 is 2.24 bits per heavy atom. The summed E-state index contributed by atoms with van der Waals surface area (Å²) >= 11 is 0. The first-order valence-electron chi connectivity index (χ1n) is 5.76. The Morgan fingerprint density at radius 1 is 1.53 bits per heavy atom. The van der Waals surface area contributed by atoms with Crippen molar-refractivity contribution in [2.24, 2.45) is 5.41 Å². The fourth-order valence-electron chi connectivity index (χ4n) is 1.65. The summed E-state index contributed by atoms with van der Waals surface area (Å²) in [6.45, 7) is 3.13. The van der Waals surface area contributed by atoms with Crippen molar-refractivity contribution in [3.63, 3.8) is 0 Å². The van der Waals surface area contributed by atoms with Gasteiger partial charge >= 0.3 is 5.97 Å². The van der Waals surface area contributed by atoms with E-state index in [4.69, 9.17) is 5.73 Å². The summed E-state index contributed by atoms with van der Waals surface area (Å²) in [6, 6.07) is 5.14. The van der Waals surface area contributed by atoms with Gasteiger partial charge in [0, 0.05) is 6.54 Å². The first-order chi connectivity index (χ1) is 8.04. The lowest BCUT2D eigenvalue weighted by atomic mass is 10.1. The quantitative estimate of drug-likeness (QED) is 0.619. The molecule has 2 rings (SSSR count). The number of carbonyl (C=O) groups excluding carboxylic acids is 1. The van der Waals surface area contributed by atoms with Crippen molar-refractivity contribution in [1.29, 1.82) is 0 Å². The molecular weight excluding hydrogens is 216 g/mol.